The van der Waals surface area contributed by atoms with Crippen molar-refractivity contribution in [3.63, 3.8) is 0 Å². The maximum absolute atomic E-state index is 6.99. The van der Waals surface area contributed by atoms with Gasteiger partial charge in [0.05, 0.1) is 0 Å². The average Bonchev–Trinajstić information content (AvgIpc) is 3.79. The number of rotatable bonds is 2. The van der Waals surface area contributed by atoms with E-state index in [4.69, 9.17) is 4.42 Å². The van der Waals surface area contributed by atoms with Gasteiger partial charge in [-0.1, -0.05) is 167 Å². The highest BCUT2D eigenvalue weighted by Gasteiger charge is 2.41. The van der Waals surface area contributed by atoms with Gasteiger partial charge in [0.1, 0.15) is 11.2 Å². The van der Waals surface area contributed by atoms with E-state index in [9.17, 15) is 0 Å². The largest absolute Gasteiger partial charge is 0.456 e. The van der Waals surface area contributed by atoms with Crippen molar-refractivity contribution in [2.45, 2.75) is 38.5 Å². The maximum atomic E-state index is 6.99. The fraction of sp³-hybridized carbons (Fsp3) is 0.111. The molecule has 260 valence electrons. The van der Waals surface area contributed by atoms with Gasteiger partial charge in [-0.2, -0.15) is 0 Å². The highest BCUT2D eigenvalue weighted by atomic mass is 16.3. The molecule has 0 saturated heterocycles. The smallest absolute Gasteiger partial charge is 0.140 e. The van der Waals surface area contributed by atoms with Gasteiger partial charge in [-0.3, -0.25) is 0 Å². The summed E-state index contributed by atoms with van der Waals surface area (Å²) < 4.78 is 6.99. The molecule has 0 saturated carbocycles. The fourth-order valence-electron chi connectivity index (χ4n) is 10.7. The number of fused-ring (bicyclic) bond motifs is 14. The monoisotopic (exact) mass is 702 g/mol. The molecule has 0 spiro atoms. The van der Waals surface area contributed by atoms with Crippen LogP contribution in [0.4, 0.5) is 0 Å². The van der Waals surface area contributed by atoms with Crippen LogP contribution in [-0.2, 0) is 10.8 Å². The fourth-order valence-corrected chi connectivity index (χ4v) is 10.7. The Kier molecular flexibility index (Phi) is 5.98. The zero-order valence-corrected chi connectivity index (χ0v) is 31.4. The lowest BCUT2D eigenvalue weighted by atomic mass is 9.79. The lowest BCUT2D eigenvalue weighted by molar-refractivity contribution is 0.620. The number of benzene rings is 9. The second kappa shape index (κ2) is 10.6. The predicted molar refractivity (Wildman–Crippen MR) is 232 cm³/mol. The van der Waals surface area contributed by atoms with Crippen molar-refractivity contribution in [1.29, 1.82) is 0 Å². The van der Waals surface area contributed by atoms with Crippen molar-refractivity contribution >= 4 is 54.3 Å². The van der Waals surface area contributed by atoms with Gasteiger partial charge in [-0.15, -0.1) is 0 Å². The summed E-state index contributed by atoms with van der Waals surface area (Å²) in [5.74, 6) is 0. The quantitative estimate of drug-likeness (QED) is 0.163. The molecule has 0 unspecified atom stereocenters. The van der Waals surface area contributed by atoms with Crippen LogP contribution < -0.4 is 0 Å². The summed E-state index contributed by atoms with van der Waals surface area (Å²) >= 11 is 0. The summed E-state index contributed by atoms with van der Waals surface area (Å²) in [5, 5.41) is 9.89. The Morgan fingerprint density at radius 2 is 0.945 bits per heavy atom. The third-order valence-electron chi connectivity index (χ3n) is 13.2. The van der Waals surface area contributed by atoms with Gasteiger partial charge in [0.2, 0.25) is 0 Å². The normalized spacial score (nSPS) is 14.8. The van der Waals surface area contributed by atoms with Gasteiger partial charge in [-0.05, 0) is 112 Å². The van der Waals surface area contributed by atoms with Gasteiger partial charge < -0.3 is 4.42 Å². The summed E-state index contributed by atoms with van der Waals surface area (Å²) in [6.07, 6.45) is 0. The molecule has 9 aromatic carbocycles. The van der Waals surface area contributed by atoms with E-state index >= 15 is 0 Å². The van der Waals surface area contributed by atoms with E-state index in [1.807, 2.05) is 0 Å². The van der Waals surface area contributed by atoms with Crippen LogP contribution in [0.15, 0.2) is 162 Å². The van der Waals surface area contributed by atoms with E-state index in [0.717, 1.165) is 11.2 Å². The third kappa shape index (κ3) is 3.93. The predicted octanol–water partition coefficient (Wildman–Crippen LogP) is 15.0. The Bertz CT molecular complexity index is 3260. The third-order valence-corrected chi connectivity index (χ3v) is 13.2. The van der Waals surface area contributed by atoms with E-state index in [1.165, 1.54) is 110 Å². The molecular weight excluding hydrogens is 665 g/mol. The molecule has 0 atom stereocenters. The SMILES string of the molecule is CC1(C)c2ccccc2-c2ccc(-c3c4ccccc4c(-c4cc5c(oc6ccc7ccccc7c65)c5c4-c4ccccc4C5(C)C)c4ccccc34)cc21. The van der Waals surface area contributed by atoms with Crippen LogP contribution in [0.3, 0.4) is 0 Å². The summed E-state index contributed by atoms with van der Waals surface area (Å²) in [5.41, 5.74) is 17.4. The van der Waals surface area contributed by atoms with Crippen LogP contribution >= 0.6 is 0 Å². The van der Waals surface area contributed by atoms with Crippen LogP contribution in [0.1, 0.15) is 49.9 Å². The van der Waals surface area contributed by atoms with Crippen molar-refractivity contribution in [2.24, 2.45) is 0 Å². The molecule has 2 aliphatic rings. The van der Waals surface area contributed by atoms with Crippen molar-refractivity contribution in [3.05, 3.63) is 180 Å². The minimum atomic E-state index is -0.260. The minimum absolute atomic E-state index is 0.0822. The van der Waals surface area contributed by atoms with E-state index in [-0.39, 0.29) is 10.8 Å². The molecule has 0 fully saturated rings. The van der Waals surface area contributed by atoms with Crippen molar-refractivity contribution in [2.75, 3.05) is 0 Å². The van der Waals surface area contributed by atoms with Crippen LogP contribution in [0, 0.1) is 0 Å². The minimum Gasteiger partial charge on any atom is -0.456 e. The Morgan fingerprint density at radius 3 is 1.65 bits per heavy atom. The molecular formula is C54H38O. The molecule has 1 nitrogen and oxygen atoms in total. The highest BCUT2D eigenvalue weighted by Crippen LogP contribution is 2.58. The van der Waals surface area contributed by atoms with Crippen LogP contribution in [-0.4, -0.2) is 0 Å². The van der Waals surface area contributed by atoms with Crippen LogP contribution in [0.5, 0.6) is 0 Å². The first-order valence-corrected chi connectivity index (χ1v) is 19.5. The van der Waals surface area contributed by atoms with E-state index in [0.29, 0.717) is 0 Å². The maximum Gasteiger partial charge on any atom is 0.140 e. The van der Waals surface area contributed by atoms with E-state index in [2.05, 4.69) is 185 Å². The molecule has 0 bridgehead atoms. The van der Waals surface area contributed by atoms with Gasteiger partial charge in [-0.25, -0.2) is 0 Å². The van der Waals surface area contributed by atoms with E-state index in [1.54, 1.807) is 0 Å². The first kappa shape index (κ1) is 31.0. The number of furan rings is 1. The van der Waals surface area contributed by atoms with Gasteiger partial charge in [0.25, 0.3) is 0 Å². The Hall–Kier alpha value is -6.44. The van der Waals surface area contributed by atoms with Gasteiger partial charge in [0.15, 0.2) is 0 Å². The zero-order valence-electron chi connectivity index (χ0n) is 31.4. The number of hydrogen-bond acceptors (Lipinski definition) is 1. The average molecular weight is 703 g/mol. The Morgan fingerprint density at radius 1 is 0.382 bits per heavy atom. The number of hydrogen-bond donors (Lipinski definition) is 0. The Labute approximate surface area is 320 Å². The topological polar surface area (TPSA) is 13.1 Å². The first-order valence-electron chi connectivity index (χ1n) is 19.5. The van der Waals surface area contributed by atoms with Crippen molar-refractivity contribution in [1.82, 2.24) is 0 Å². The van der Waals surface area contributed by atoms with Crippen molar-refractivity contribution in [3.8, 4) is 44.5 Å². The summed E-state index contributed by atoms with van der Waals surface area (Å²) in [6, 6.07) is 58.9. The highest BCUT2D eigenvalue weighted by molar-refractivity contribution is 6.26. The lowest BCUT2D eigenvalue weighted by Crippen LogP contribution is -2.15. The molecule has 12 rings (SSSR count). The molecule has 0 aliphatic heterocycles. The summed E-state index contributed by atoms with van der Waals surface area (Å²) in [4.78, 5) is 0. The molecule has 55 heavy (non-hydrogen) atoms. The lowest BCUT2D eigenvalue weighted by Gasteiger charge is -2.24. The molecule has 1 aromatic heterocycles. The van der Waals surface area contributed by atoms with Gasteiger partial charge in [0, 0.05) is 27.2 Å². The molecule has 0 N–H and O–H groups in total. The molecule has 10 aromatic rings. The van der Waals surface area contributed by atoms with Crippen molar-refractivity contribution < 1.29 is 4.42 Å². The van der Waals surface area contributed by atoms with E-state index < -0.39 is 0 Å². The molecule has 2 aliphatic carbocycles. The summed E-state index contributed by atoms with van der Waals surface area (Å²) in [6.45, 7) is 9.50. The van der Waals surface area contributed by atoms with Crippen LogP contribution in [0.2, 0.25) is 0 Å². The molecule has 0 amide bonds. The second-order valence-corrected chi connectivity index (χ2v) is 16.8. The molecule has 1 heterocycles. The molecule has 1 heteroatoms. The second-order valence-electron chi connectivity index (χ2n) is 16.8. The molecule has 0 radical (unpaired) electrons. The first-order chi connectivity index (χ1) is 26.8. The Balaban J connectivity index is 1.23. The summed E-state index contributed by atoms with van der Waals surface area (Å²) in [7, 11) is 0. The van der Waals surface area contributed by atoms with Gasteiger partial charge >= 0.3 is 0 Å². The zero-order chi connectivity index (χ0) is 36.8. The van der Waals surface area contributed by atoms with Crippen LogP contribution in [0.25, 0.3) is 98.8 Å². The standard InChI is InChI=1S/C54H38O/c1-53(2)43-23-13-11-17-34(43)35-27-25-32(29-45(35)53)47-36-18-7-9-20-38(36)48(39-21-10-8-19-37(39)47)41-30-42-49-33-16-6-5-15-31(33)26-28-46(49)55-52(42)51-50(41)40-22-12-14-24-44(40)54(51,3)4/h5-30H,1-4H3.